The number of rotatable bonds is 2. The molecule has 0 saturated carbocycles. The molecular weight excluding hydrogens is 398 g/mol. The van der Waals surface area contributed by atoms with Crippen LogP contribution < -0.4 is 0 Å². The Morgan fingerprint density at radius 3 is 1.94 bits per heavy atom. The topological polar surface area (TPSA) is 74.3 Å². The molecular formula is C25H15N7. The highest BCUT2D eigenvalue weighted by Crippen LogP contribution is 2.34. The van der Waals surface area contributed by atoms with E-state index in [2.05, 4.69) is 36.2 Å². The second kappa shape index (κ2) is 6.42. The summed E-state index contributed by atoms with van der Waals surface area (Å²) in [5.41, 5.74) is 7.78. The van der Waals surface area contributed by atoms with Gasteiger partial charge in [0, 0.05) is 24.0 Å². The molecule has 0 atom stereocenters. The molecule has 1 aromatic carbocycles. The first-order chi connectivity index (χ1) is 15.9. The number of nitrogens with zero attached hydrogens (tertiary/aromatic N) is 7. The number of para-hydroxylation sites is 1. The van der Waals surface area contributed by atoms with Crippen LogP contribution in [0.4, 0.5) is 0 Å². The van der Waals surface area contributed by atoms with E-state index in [0.717, 1.165) is 55.6 Å². The van der Waals surface area contributed by atoms with Gasteiger partial charge in [-0.05, 0) is 42.5 Å². The van der Waals surface area contributed by atoms with Gasteiger partial charge in [0.25, 0.3) is 0 Å². The number of pyridine rings is 3. The SMILES string of the molecule is c1cncc(-n2c3ccccc3c3nc4c5ncccc5n(-c5cccnc5)c4nc32)c1. The van der Waals surface area contributed by atoms with Gasteiger partial charge < -0.3 is 0 Å². The summed E-state index contributed by atoms with van der Waals surface area (Å²) in [6.07, 6.45) is 9.00. The highest BCUT2D eigenvalue weighted by atomic mass is 15.1. The summed E-state index contributed by atoms with van der Waals surface area (Å²) in [6, 6.07) is 20.1. The van der Waals surface area contributed by atoms with Crippen molar-refractivity contribution >= 4 is 44.3 Å². The molecule has 0 saturated heterocycles. The molecule has 0 aliphatic rings. The minimum Gasteiger partial charge on any atom is -0.291 e. The molecule has 7 aromatic rings. The molecule has 7 nitrogen and oxygen atoms in total. The van der Waals surface area contributed by atoms with Crippen LogP contribution in [0.15, 0.2) is 91.6 Å². The van der Waals surface area contributed by atoms with Gasteiger partial charge in [-0.25, -0.2) is 9.97 Å². The van der Waals surface area contributed by atoms with E-state index in [1.807, 2.05) is 60.9 Å². The third-order valence-electron chi connectivity index (χ3n) is 5.74. The highest BCUT2D eigenvalue weighted by molar-refractivity contribution is 6.11. The average molecular weight is 413 g/mol. The van der Waals surface area contributed by atoms with E-state index in [9.17, 15) is 0 Å². The first-order valence-corrected chi connectivity index (χ1v) is 10.3. The lowest BCUT2D eigenvalue weighted by atomic mass is 10.2. The Balaban J connectivity index is 1.71. The molecule has 7 rings (SSSR count). The van der Waals surface area contributed by atoms with Crippen molar-refractivity contribution in [2.75, 3.05) is 0 Å². The van der Waals surface area contributed by atoms with Crippen molar-refractivity contribution in [2.45, 2.75) is 0 Å². The monoisotopic (exact) mass is 413 g/mol. The zero-order chi connectivity index (χ0) is 21.1. The lowest BCUT2D eigenvalue weighted by Crippen LogP contribution is -2.00. The Bertz CT molecular complexity index is 1640. The lowest BCUT2D eigenvalue weighted by Gasteiger charge is -2.07. The van der Waals surface area contributed by atoms with Crippen LogP contribution in [0.2, 0.25) is 0 Å². The van der Waals surface area contributed by atoms with Gasteiger partial charge >= 0.3 is 0 Å². The zero-order valence-electron chi connectivity index (χ0n) is 16.8. The third kappa shape index (κ3) is 2.27. The molecule has 0 amide bonds. The van der Waals surface area contributed by atoms with Crippen LogP contribution in [0, 0.1) is 0 Å². The molecule has 0 bridgehead atoms. The summed E-state index contributed by atoms with van der Waals surface area (Å²) in [5, 5.41) is 1.04. The maximum Gasteiger partial charge on any atom is 0.168 e. The fourth-order valence-corrected chi connectivity index (χ4v) is 4.42. The van der Waals surface area contributed by atoms with E-state index in [1.54, 1.807) is 18.6 Å². The molecule has 0 unspecified atom stereocenters. The molecule has 6 aromatic heterocycles. The van der Waals surface area contributed by atoms with Crippen molar-refractivity contribution in [3.05, 3.63) is 91.6 Å². The largest absolute Gasteiger partial charge is 0.291 e. The molecule has 0 aliphatic heterocycles. The van der Waals surface area contributed by atoms with E-state index in [4.69, 9.17) is 9.97 Å². The van der Waals surface area contributed by atoms with E-state index in [1.165, 1.54) is 0 Å². The zero-order valence-corrected chi connectivity index (χ0v) is 16.8. The van der Waals surface area contributed by atoms with Gasteiger partial charge in [0.15, 0.2) is 11.3 Å². The van der Waals surface area contributed by atoms with Gasteiger partial charge in [-0.15, -0.1) is 0 Å². The van der Waals surface area contributed by atoms with Gasteiger partial charge in [-0.3, -0.25) is 24.1 Å². The summed E-state index contributed by atoms with van der Waals surface area (Å²) in [6.45, 7) is 0. The first kappa shape index (κ1) is 17.1. The number of benzene rings is 1. The Morgan fingerprint density at radius 2 is 1.19 bits per heavy atom. The molecule has 0 aliphatic carbocycles. The van der Waals surface area contributed by atoms with Gasteiger partial charge in [0.2, 0.25) is 0 Å². The van der Waals surface area contributed by atoms with Gasteiger partial charge in [0.1, 0.15) is 16.6 Å². The Hall–Kier alpha value is -4.65. The van der Waals surface area contributed by atoms with Crippen molar-refractivity contribution in [1.82, 2.24) is 34.1 Å². The Labute approximate surface area is 181 Å². The van der Waals surface area contributed by atoms with Crippen molar-refractivity contribution < 1.29 is 0 Å². The normalized spacial score (nSPS) is 11.8. The number of hydrogen-bond donors (Lipinski definition) is 0. The van der Waals surface area contributed by atoms with E-state index in [0.29, 0.717) is 0 Å². The number of hydrogen-bond acceptors (Lipinski definition) is 5. The molecule has 0 spiro atoms. The van der Waals surface area contributed by atoms with Crippen molar-refractivity contribution in [1.29, 1.82) is 0 Å². The van der Waals surface area contributed by atoms with Crippen LogP contribution in [-0.2, 0) is 0 Å². The predicted molar refractivity (Wildman–Crippen MR) is 124 cm³/mol. The fourth-order valence-electron chi connectivity index (χ4n) is 4.42. The molecule has 7 heteroatoms. The lowest BCUT2D eigenvalue weighted by molar-refractivity contribution is 1.08. The number of aromatic nitrogens is 7. The van der Waals surface area contributed by atoms with Gasteiger partial charge in [-0.2, -0.15) is 0 Å². The van der Waals surface area contributed by atoms with Crippen molar-refractivity contribution in [3.8, 4) is 11.4 Å². The standard InChI is InChI=1S/C25H15N7/c1-2-9-19-18(8-1)21-24(31(19)16-6-3-11-26-14-16)30-25-23(29-21)22-20(10-5-13-28-22)32(25)17-7-4-12-27-15-17/h1-15H. The smallest absolute Gasteiger partial charge is 0.168 e. The molecule has 150 valence electrons. The van der Waals surface area contributed by atoms with Crippen molar-refractivity contribution in [3.63, 3.8) is 0 Å². The molecule has 0 fully saturated rings. The maximum atomic E-state index is 5.17. The van der Waals surface area contributed by atoms with Crippen LogP contribution in [0.1, 0.15) is 0 Å². The van der Waals surface area contributed by atoms with Crippen molar-refractivity contribution in [2.24, 2.45) is 0 Å². The minimum absolute atomic E-state index is 0.743. The second-order valence-corrected chi connectivity index (χ2v) is 7.55. The third-order valence-corrected chi connectivity index (χ3v) is 5.74. The van der Waals surface area contributed by atoms with Gasteiger partial charge in [-0.1, -0.05) is 18.2 Å². The predicted octanol–water partition coefficient (Wildman–Crippen LogP) is 4.86. The maximum absolute atomic E-state index is 5.17. The Kier molecular flexibility index (Phi) is 3.43. The summed E-state index contributed by atoms with van der Waals surface area (Å²) in [4.78, 5) is 23.6. The Morgan fingerprint density at radius 1 is 0.531 bits per heavy atom. The summed E-state index contributed by atoms with van der Waals surface area (Å²) < 4.78 is 4.19. The minimum atomic E-state index is 0.743. The summed E-state index contributed by atoms with van der Waals surface area (Å²) in [7, 11) is 0. The van der Waals surface area contributed by atoms with Crippen LogP contribution in [0.25, 0.3) is 55.6 Å². The second-order valence-electron chi connectivity index (χ2n) is 7.55. The van der Waals surface area contributed by atoms with E-state index in [-0.39, 0.29) is 0 Å². The van der Waals surface area contributed by atoms with Gasteiger partial charge in [0.05, 0.1) is 34.8 Å². The molecule has 0 radical (unpaired) electrons. The van der Waals surface area contributed by atoms with E-state index < -0.39 is 0 Å². The van der Waals surface area contributed by atoms with Crippen LogP contribution in [0.3, 0.4) is 0 Å². The molecule has 6 heterocycles. The van der Waals surface area contributed by atoms with E-state index >= 15 is 0 Å². The van der Waals surface area contributed by atoms with Crippen LogP contribution in [-0.4, -0.2) is 34.1 Å². The van der Waals surface area contributed by atoms with Crippen LogP contribution in [0.5, 0.6) is 0 Å². The quantitative estimate of drug-likeness (QED) is 0.405. The summed E-state index contributed by atoms with van der Waals surface area (Å²) in [5.74, 6) is 0. The highest BCUT2D eigenvalue weighted by Gasteiger charge is 2.21. The molecule has 0 N–H and O–H groups in total. The average Bonchev–Trinajstić information content (AvgIpc) is 3.36. The fraction of sp³-hybridized carbons (Fsp3) is 0. The summed E-state index contributed by atoms with van der Waals surface area (Å²) >= 11 is 0. The number of fused-ring (bicyclic) bond motifs is 6. The molecule has 32 heavy (non-hydrogen) atoms. The first-order valence-electron chi connectivity index (χ1n) is 10.3. The van der Waals surface area contributed by atoms with Crippen LogP contribution >= 0.6 is 0 Å².